The lowest BCUT2D eigenvalue weighted by Gasteiger charge is -2.13. The molecular formula is C28H27Cl3N2O3S. The summed E-state index contributed by atoms with van der Waals surface area (Å²) in [6, 6.07) is 11.4. The van der Waals surface area contributed by atoms with Crippen LogP contribution < -0.4 is 9.88 Å². The summed E-state index contributed by atoms with van der Waals surface area (Å²) in [5.74, 6) is 3.60. The zero-order chi connectivity index (χ0) is 25.7. The van der Waals surface area contributed by atoms with Crippen molar-refractivity contribution < 1.29 is 14.1 Å². The van der Waals surface area contributed by atoms with Crippen molar-refractivity contribution in [2.45, 2.75) is 57.0 Å². The SMILES string of the molecule is NSC(=O)C1CCC(C2CC2c2ccc(OCc3c(-c4c(Cl)cccc4Cl)noc3C3CC3)cc2Cl)C1. The summed E-state index contributed by atoms with van der Waals surface area (Å²) in [6.07, 6.45) is 6.25. The zero-order valence-electron chi connectivity index (χ0n) is 20.1. The quantitative estimate of drug-likeness (QED) is 0.271. The predicted molar refractivity (Wildman–Crippen MR) is 148 cm³/mol. The van der Waals surface area contributed by atoms with Gasteiger partial charge in [-0.25, -0.2) is 0 Å². The highest BCUT2D eigenvalue weighted by molar-refractivity contribution is 8.11. The Labute approximate surface area is 235 Å². The van der Waals surface area contributed by atoms with Crippen LogP contribution in [0.1, 0.15) is 67.2 Å². The summed E-state index contributed by atoms with van der Waals surface area (Å²) >= 11 is 20.6. The van der Waals surface area contributed by atoms with Crippen LogP contribution in [0.15, 0.2) is 40.9 Å². The van der Waals surface area contributed by atoms with Crippen molar-refractivity contribution in [1.82, 2.24) is 5.16 Å². The van der Waals surface area contributed by atoms with Crippen LogP contribution in [0.4, 0.5) is 0 Å². The van der Waals surface area contributed by atoms with Gasteiger partial charge in [0, 0.05) is 22.4 Å². The van der Waals surface area contributed by atoms with Gasteiger partial charge in [-0.2, -0.15) is 0 Å². The molecule has 2 aromatic carbocycles. The standard InChI is InChI=1S/C28H27Cl3N2O3S/c29-22-2-1-3-23(30)25(22)26-21(27(36-33-26)14-4-5-14)13-35-17-8-9-18(24(31)11-17)20-12-19(20)15-6-7-16(10-15)28(34)37-32/h1-3,8-9,11,14-16,19-20H,4-7,10,12-13,32H2. The van der Waals surface area contributed by atoms with Gasteiger partial charge in [0.2, 0.25) is 5.12 Å². The van der Waals surface area contributed by atoms with Crippen LogP contribution in [0.2, 0.25) is 15.1 Å². The van der Waals surface area contributed by atoms with Gasteiger partial charge >= 0.3 is 0 Å². The van der Waals surface area contributed by atoms with E-state index in [1.165, 1.54) is 0 Å². The van der Waals surface area contributed by atoms with Crippen molar-refractivity contribution >= 4 is 51.9 Å². The minimum absolute atomic E-state index is 0.107. The van der Waals surface area contributed by atoms with E-state index >= 15 is 0 Å². The van der Waals surface area contributed by atoms with Gasteiger partial charge in [0.25, 0.3) is 0 Å². The van der Waals surface area contributed by atoms with Crippen molar-refractivity contribution in [3.05, 3.63) is 68.4 Å². The summed E-state index contributed by atoms with van der Waals surface area (Å²) in [6.45, 7) is 0.282. The van der Waals surface area contributed by atoms with E-state index in [4.69, 9.17) is 49.2 Å². The highest BCUT2D eigenvalue weighted by Crippen LogP contribution is 2.58. The van der Waals surface area contributed by atoms with Crippen LogP contribution in [-0.4, -0.2) is 10.3 Å². The van der Waals surface area contributed by atoms with Crippen molar-refractivity contribution in [2.75, 3.05) is 0 Å². The second-order valence-electron chi connectivity index (χ2n) is 10.4. The number of halogens is 3. The van der Waals surface area contributed by atoms with E-state index in [1.54, 1.807) is 12.1 Å². The summed E-state index contributed by atoms with van der Waals surface area (Å²) in [5.41, 5.74) is 3.33. The molecule has 0 spiro atoms. The van der Waals surface area contributed by atoms with Gasteiger partial charge in [0.15, 0.2) is 0 Å². The first-order chi connectivity index (χ1) is 17.9. The van der Waals surface area contributed by atoms with Gasteiger partial charge in [-0.05, 0) is 98.1 Å². The number of hydrogen-bond donors (Lipinski definition) is 1. The maximum Gasteiger partial charge on any atom is 0.206 e. The number of hydrogen-bond acceptors (Lipinski definition) is 6. The van der Waals surface area contributed by atoms with Crippen LogP contribution in [0.5, 0.6) is 5.75 Å². The molecule has 4 unspecified atom stereocenters. The minimum Gasteiger partial charge on any atom is -0.489 e. The van der Waals surface area contributed by atoms with Gasteiger partial charge in [0.05, 0.1) is 15.6 Å². The van der Waals surface area contributed by atoms with E-state index in [-0.39, 0.29) is 17.6 Å². The molecule has 3 aliphatic carbocycles. The molecule has 0 aliphatic heterocycles. The normalized spacial score (nSPS) is 24.9. The van der Waals surface area contributed by atoms with Crippen LogP contribution in [0, 0.1) is 17.8 Å². The Balaban J connectivity index is 1.16. The molecule has 194 valence electrons. The van der Waals surface area contributed by atoms with E-state index in [2.05, 4.69) is 11.2 Å². The Hall–Kier alpha value is -1.70. The molecule has 4 atom stereocenters. The smallest absolute Gasteiger partial charge is 0.206 e. The van der Waals surface area contributed by atoms with Crippen LogP contribution in [0.3, 0.4) is 0 Å². The molecule has 6 rings (SSSR count). The average Bonchev–Trinajstić information content (AvgIpc) is 3.80. The van der Waals surface area contributed by atoms with Gasteiger partial charge in [0.1, 0.15) is 23.8 Å². The number of benzene rings is 2. The molecule has 2 N–H and O–H groups in total. The molecule has 5 nitrogen and oxygen atoms in total. The summed E-state index contributed by atoms with van der Waals surface area (Å²) in [4.78, 5) is 12.0. The topological polar surface area (TPSA) is 78.4 Å². The lowest BCUT2D eigenvalue weighted by atomic mass is 9.96. The molecule has 3 aliphatic rings. The fourth-order valence-electron chi connectivity index (χ4n) is 5.91. The molecule has 37 heavy (non-hydrogen) atoms. The average molecular weight is 578 g/mol. The summed E-state index contributed by atoms with van der Waals surface area (Å²) < 4.78 is 11.9. The van der Waals surface area contributed by atoms with Gasteiger partial charge in [-0.1, -0.05) is 52.1 Å². The zero-order valence-corrected chi connectivity index (χ0v) is 23.2. The molecule has 0 bridgehead atoms. The third-order valence-corrected chi connectivity index (χ3v) is 9.61. The number of carbonyl (C=O) groups is 1. The number of ether oxygens (including phenoxy) is 1. The van der Waals surface area contributed by atoms with Crippen molar-refractivity contribution in [3.8, 4) is 17.0 Å². The Morgan fingerprint density at radius 1 is 1.05 bits per heavy atom. The van der Waals surface area contributed by atoms with Crippen LogP contribution >= 0.6 is 46.8 Å². The molecule has 1 aromatic heterocycles. The fourth-order valence-corrected chi connectivity index (χ4v) is 7.20. The predicted octanol–water partition coefficient (Wildman–Crippen LogP) is 8.41. The fraction of sp³-hybridized carbons (Fsp3) is 0.429. The number of nitrogens with zero attached hydrogens (tertiary/aromatic N) is 1. The van der Waals surface area contributed by atoms with Gasteiger partial charge in [-0.3, -0.25) is 9.93 Å². The molecule has 3 saturated carbocycles. The number of carbonyl (C=O) groups excluding carboxylic acids is 1. The second kappa shape index (κ2) is 10.5. The third kappa shape index (κ3) is 5.16. The monoisotopic (exact) mass is 576 g/mol. The maximum absolute atomic E-state index is 12.0. The van der Waals surface area contributed by atoms with E-state index in [0.717, 1.165) is 72.4 Å². The first-order valence-electron chi connectivity index (χ1n) is 12.7. The van der Waals surface area contributed by atoms with Gasteiger partial charge in [-0.15, -0.1) is 0 Å². The Morgan fingerprint density at radius 3 is 2.54 bits per heavy atom. The van der Waals surface area contributed by atoms with Gasteiger partial charge < -0.3 is 9.26 Å². The Kier molecular flexibility index (Phi) is 7.23. The highest BCUT2D eigenvalue weighted by Gasteiger charge is 2.47. The molecule has 1 heterocycles. The summed E-state index contributed by atoms with van der Waals surface area (Å²) in [7, 11) is 0. The van der Waals surface area contributed by atoms with Crippen LogP contribution in [0.25, 0.3) is 11.3 Å². The molecule has 0 amide bonds. The third-order valence-electron chi connectivity index (χ3n) is 8.09. The first kappa shape index (κ1) is 25.6. The first-order valence-corrected chi connectivity index (χ1v) is 14.7. The van der Waals surface area contributed by atoms with E-state index in [0.29, 0.717) is 50.7 Å². The maximum atomic E-state index is 12.0. The number of nitrogens with two attached hydrogens (primary N) is 1. The summed E-state index contributed by atoms with van der Waals surface area (Å²) in [5, 5.41) is 11.7. The van der Waals surface area contributed by atoms with Crippen LogP contribution in [-0.2, 0) is 11.4 Å². The number of rotatable bonds is 8. The molecule has 0 saturated heterocycles. The molecule has 3 fully saturated rings. The number of aromatic nitrogens is 1. The largest absolute Gasteiger partial charge is 0.489 e. The Morgan fingerprint density at radius 2 is 1.84 bits per heavy atom. The van der Waals surface area contributed by atoms with Crippen molar-refractivity contribution in [3.63, 3.8) is 0 Å². The minimum atomic E-state index is 0.107. The second-order valence-corrected chi connectivity index (χ2v) is 12.3. The van der Waals surface area contributed by atoms with E-state index < -0.39 is 0 Å². The molecular weight excluding hydrogens is 551 g/mol. The van der Waals surface area contributed by atoms with Crippen molar-refractivity contribution in [2.24, 2.45) is 22.9 Å². The lowest BCUT2D eigenvalue weighted by molar-refractivity contribution is -0.114. The highest BCUT2D eigenvalue weighted by atomic mass is 35.5. The molecule has 3 aromatic rings. The van der Waals surface area contributed by atoms with Crippen molar-refractivity contribution in [1.29, 1.82) is 0 Å². The van der Waals surface area contributed by atoms with E-state index in [9.17, 15) is 4.79 Å². The van der Waals surface area contributed by atoms with E-state index in [1.807, 2.05) is 18.2 Å². The lowest BCUT2D eigenvalue weighted by Crippen LogP contribution is -2.10. The molecule has 0 radical (unpaired) electrons. The Bertz CT molecular complexity index is 1320. The molecule has 9 heteroatoms.